The lowest BCUT2D eigenvalue weighted by molar-refractivity contribution is -0.146. The van der Waals surface area contributed by atoms with Crippen LogP contribution in [0.25, 0.3) is 0 Å². The lowest BCUT2D eigenvalue weighted by Crippen LogP contribution is -2.37. The molecule has 1 N–H and O–H groups in total. The third kappa shape index (κ3) is 3.94. The van der Waals surface area contributed by atoms with Gasteiger partial charge in [-0.3, -0.25) is 9.59 Å². The van der Waals surface area contributed by atoms with Gasteiger partial charge in [0.15, 0.2) is 0 Å². The van der Waals surface area contributed by atoms with E-state index >= 15 is 0 Å². The molecule has 0 aliphatic rings. The number of imidazole rings is 1. The predicted molar refractivity (Wildman–Crippen MR) is 80.7 cm³/mol. The number of hydrogen-bond acceptors (Lipinski definition) is 4. The topological polar surface area (TPSA) is 73.2 Å². The van der Waals surface area contributed by atoms with Crippen LogP contribution in [0.1, 0.15) is 18.5 Å². The second-order valence-electron chi connectivity index (χ2n) is 5.00. The van der Waals surface area contributed by atoms with Crippen LogP contribution >= 0.6 is 0 Å². The number of methoxy groups -OCH3 is 1. The Morgan fingerprint density at radius 3 is 2.64 bits per heavy atom. The van der Waals surface area contributed by atoms with Gasteiger partial charge in [-0.1, -0.05) is 30.3 Å². The van der Waals surface area contributed by atoms with Crippen molar-refractivity contribution in [2.24, 2.45) is 5.92 Å². The minimum Gasteiger partial charge on any atom is -0.469 e. The van der Waals surface area contributed by atoms with Crippen LogP contribution in [0.15, 0.2) is 49.1 Å². The summed E-state index contributed by atoms with van der Waals surface area (Å²) in [5.74, 6) is -1.04. The molecule has 0 saturated heterocycles. The number of ether oxygens (including phenoxy) is 1. The number of nitrogens with one attached hydrogen (secondary N) is 1. The quantitative estimate of drug-likeness (QED) is 0.822. The highest BCUT2D eigenvalue weighted by molar-refractivity contribution is 5.78. The molecular weight excluding hydrogens is 282 g/mol. The molecule has 6 heteroatoms. The molecule has 22 heavy (non-hydrogen) atoms. The zero-order chi connectivity index (χ0) is 15.9. The maximum absolute atomic E-state index is 12.2. The second-order valence-corrected chi connectivity index (χ2v) is 5.00. The fourth-order valence-corrected chi connectivity index (χ4v) is 2.24. The molecule has 0 saturated carbocycles. The summed E-state index contributed by atoms with van der Waals surface area (Å²) >= 11 is 0. The van der Waals surface area contributed by atoms with Crippen molar-refractivity contribution in [3.63, 3.8) is 0 Å². The summed E-state index contributed by atoms with van der Waals surface area (Å²) in [4.78, 5) is 27.9. The Morgan fingerprint density at radius 2 is 2.05 bits per heavy atom. The molecule has 2 aromatic rings. The third-order valence-corrected chi connectivity index (χ3v) is 3.43. The average Bonchev–Trinajstić information content (AvgIpc) is 3.05. The van der Waals surface area contributed by atoms with Gasteiger partial charge in [0, 0.05) is 12.4 Å². The molecule has 1 aromatic heterocycles. The molecule has 1 aromatic carbocycles. The maximum atomic E-state index is 12.2. The molecule has 0 fully saturated rings. The highest BCUT2D eigenvalue weighted by Gasteiger charge is 2.27. The van der Waals surface area contributed by atoms with Crippen molar-refractivity contribution in [2.75, 3.05) is 7.11 Å². The molecule has 1 amide bonds. The molecular formula is C16H19N3O3. The van der Waals surface area contributed by atoms with Crippen molar-refractivity contribution in [3.05, 3.63) is 54.6 Å². The normalized spacial score (nSPS) is 13.2. The van der Waals surface area contributed by atoms with Gasteiger partial charge in [0.05, 0.1) is 25.4 Å². The first kappa shape index (κ1) is 15.8. The molecule has 0 aliphatic heterocycles. The molecule has 6 nitrogen and oxygen atoms in total. The first-order valence-electron chi connectivity index (χ1n) is 6.99. The van der Waals surface area contributed by atoms with Gasteiger partial charge >= 0.3 is 5.97 Å². The van der Waals surface area contributed by atoms with E-state index in [1.54, 1.807) is 30.2 Å². The Labute approximate surface area is 129 Å². The van der Waals surface area contributed by atoms with Crippen molar-refractivity contribution >= 4 is 11.9 Å². The second kappa shape index (κ2) is 7.40. The molecule has 116 valence electrons. The van der Waals surface area contributed by atoms with Crippen molar-refractivity contribution in [3.8, 4) is 0 Å². The van der Waals surface area contributed by atoms with E-state index in [4.69, 9.17) is 4.74 Å². The SMILES string of the molecule is COC(=O)C(C)C(NC(=O)Cn1ccnc1)c1ccccc1. The van der Waals surface area contributed by atoms with E-state index in [0.717, 1.165) is 5.56 Å². The van der Waals surface area contributed by atoms with Crippen molar-refractivity contribution < 1.29 is 14.3 Å². The molecule has 0 radical (unpaired) electrons. The minimum absolute atomic E-state index is 0.150. The zero-order valence-corrected chi connectivity index (χ0v) is 12.6. The Kier molecular flexibility index (Phi) is 5.30. The summed E-state index contributed by atoms with van der Waals surface area (Å²) in [6.45, 7) is 1.89. The van der Waals surface area contributed by atoms with E-state index in [1.807, 2.05) is 30.3 Å². The smallest absolute Gasteiger partial charge is 0.310 e. The first-order valence-corrected chi connectivity index (χ1v) is 6.99. The Balaban J connectivity index is 2.14. The largest absolute Gasteiger partial charge is 0.469 e. The molecule has 0 aliphatic carbocycles. The standard InChI is InChI=1S/C16H19N3O3/c1-12(16(21)22-2)15(13-6-4-3-5-7-13)18-14(20)10-19-9-8-17-11-19/h3-9,11-12,15H,10H2,1-2H3,(H,18,20). The van der Waals surface area contributed by atoms with E-state index in [-0.39, 0.29) is 18.4 Å². The van der Waals surface area contributed by atoms with Crippen LogP contribution in [0.3, 0.4) is 0 Å². The van der Waals surface area contributed by atoms with Gasteiger partial charge in [0.1, 0.15) is 6.54 Å². The number of aromatic nitrogens is 2. The predicted octanol–water partition coefficient (Wildman–Crippen LogP) is 1.55. The minimum atomic E-state index is -0.487. The number of carbonyl (C=O) groups excluding carboxylic acids is 2. The Bertz CT molecular complexity index is 611. The lowest BCUT2D eigenvalue weighted by Gasteiger charge is -2.24. The molecule has 0 spiro atoms. The highest BCUT2D eigenvalue weighted by atomic mass is 16.5. The van der Waals surface area contributed by atoms with Gasteiger partial charge in [0.25, 0.3) is 0 Å². The van der Waals surface area contributed by atoms with Gasteiger partial charge in [-0.2, -0.15) is 0 Å². The van der Waals surface area contributed by atoms with Crippen LogP contribution in [0.4, 0.5) is 0 Å². The van der Waals surface area contributed by atoms with Gasteiger partial charge in [-0.25, -0.2) is 4.98 Å². The monoisotopic (exact) mass is 301 g/mol. The number of hydrogen-bond donors (Lipinski definition) is 1. The van der Waals surface area contributed by atoms with Crippen LogP contribution in [0.5, 0.6) is 0 Å². The van der Waals surface area contributed by atoms with Crippen LogP contribution in [-0.2, 0) is 20.9 Å². The number of rotatable bonds is 6. The summed E-state index contributed by atoms with van der Waals surface area (Å²) in [7, 11) is 1.34. The van der Waals surface area contributed by atoms with Crippen LogP contribution in [-0.4, -0.2) is 28.5 Å². The number of benzene rings is 1. The molecule has 0 bridgehead atoms. The Morgan fingerprint density at radius 1 is 1.32 bits per heavy atom. The summed E-state index contributed by atoms with van der Waals surface area (Å²) in [6.07, 6.45) is 4.89. The van der Waals surface area contributed by atoms with Crippen molar-refractivity contribution in [1.29, 1.82) is 0 Å². The maximum Gasteiger partial charge on any atom is 0.310 e. The van der Waals surface area contributed by atoms with Crippen molar-refractivity contribution in [1.82, 2.24) is 14.9 Å². The lowest BCUT2D eigenvalue weighted by atomic mass is 9.94. The zero-order valence-electron chi connectivity index (χ0n) is 12.6. The van der Waals surface area contributed by atoms with Crippen molar-refractivity contribution in [2.45, 2.75) is 19.5 Å². The van der Waals surface area contributed by atoms with E-state index < -0.39 is 12.0 Å². The highest BCUT2D eigenvalue weighted by Crippen LogP contribution is 2.23. The third-order valence-electron chi connectivity index (χ3n) is 3.43. The number of carbonyl (C=O) groups is 2. The van der Waals surface area contributed by atoms with E-state index in [2.05, 4.69) is 10.3 Å². The number of amides is 1. The van der Waals surface area contributed by atoms with E-state index in [1.165, 1.54) is 7.11 Å². The van der Waals surface area contributed by atoms with Gasteiger partial charge < -0.3 is 14.6 Å². The first-order chi connectivity index (χ1) is 10.6. The van der Waals surface area contributed by atoms with Crippen LogP contribution in [0, 0.1) is 5.92 Å². The summed E-state index contributed by atoms with van der Waals surface area (Å²) < 4.78 is 6.46. The molecule has 2 atom stereocenters. The fraction of sp³-hybridized carbons (Fsp3) is 0.312. The molecule has 2 unspecified atom stereocenters. The molecule has 2 rings (SSSR count). The van der Waals surface area contributed by atoms with Crippen LogP contribution < -0.4 is 5.32 Å². The number of esters is 1. The molecule has 1 heterocycles. The fourth-order valence-electron chi connectivity index (χ4n) is 2.24. The number of nitrogens with zero attached hydrogens (tertiary/aromatic N) is 2. The van der Waals surface area contributed by atoms with E-state index in [9.17, 15) is 9.59 Å². The van der Waals surface area contributed by atoms with E-state index in [0.29, 0.717) is 0 Å². The average molecular weight is 301 g/mol. The van der Waals surface area contributed by atoms with Crippen LogP contribution in [0.2, 0.25) is 0 Å². The Hall–Kier alpha value is -2.63. The van der Waals surface area contributed by atoms with Gasteiger partial charge in [0.2, 0.25) is 5.91 Å². The van der Waals surface area contributed by atoms with Gasteiger partial charge in [-0.05, 0) is 12.5 Å². The summed E-state index contributed by atoms with van der Waals surface area (Å²) in [5.41, 5.74) is 0.861. The van der Waals surface area contributed by atoms with Gasteiger partial charge in [-0.15, -0.1) is 0 Å². The summed E-state index contributed by atoms with van der Waals surface area (Å²) in [5, 5.41) is 2.90. The summed E-state index contributed by atoms with van der Waals surface area (Å²) in [6, 6.07) is 8.94.